The summed E-state index contributed by atoms with van der Waals surface area (Å²) in [7, 11) is 0. The molecule has 0 N–H and O–H groups in total. The third-order valence-corrected chi connectivity index (χ3v) is 3.56. The van der Waals surface area contributed by atoms with Crippen LogP contribution >= 0.6 is 15.9 Å². The minimum Gasteiger partial charge on any atom is -0.466 e. The Hall–Kier alpha value is -0.880. The average Bonchev–Trinajstić information content (AvgIpc) is 2.76. The molecule has 0 radical (unpaired) electrons. The van der Waals surface area contributed by atoms with E-state index in [4.69, 9.17) is 4.74 Å². The molecule has 0 bridgehead atoms. The number of piperidine rings is 1. The Labute approximate surface area is 115 Å². The Balaban J connectivity index is 1.78. The van der Waals surface area contributed by atoms with Gasteiger partial charge >= 0.3 is 5.97 Å². The third-order valence-electron chi connectivity index (χ3n) is 3.15. The van der Waals surface area contributed by atoms with Crippen molar-refractivity contribution in [3.63, 3.8) is 0 Å². The number of hydrogen-bond donors (Lipinski definition) is 0. The highest BCUT2D eigenvalue weighted by Crippen LogP contribution is 2.19. The molecule has 5 nitrogen and oxygen atoms in total. The zero-order valence-electron chi connectivity index (χ0n) is 10.5. The van der Waals surface area contributed by atoms with Crippen molar-refractivity contribution in [3.05, 3.63) is 16.9 Å². The van der Waals surface area contributed by atoms with Gasteiger partial charge in [-0.2, -0.15) is 5.10 Å². The number of likely N-dealkylation sites (tertiary alicyclic amines) is 1. The Morgan fingerprint density at radius 3 is 2.83 bits per heavy atom. The summed E-state index contributed by atoms with van der Waals surface area (Å²) in [4.78, 5) is 13.9. The summed E-state index contributed by atoms with van der Waals surface area (Å²) in [6.07, 6.45) is 5.49. The first-order valence-electron chi connectivity index (χ1n) is 6.26. The monoisotopic (exact) mass is 315 g/mol. The summed E-state index contributed by atoms with van der Waals surface area (Å²) in [5, 5.41) is 4.23. The first kappa shape index (κ1) is 13.5. The van der Waals surface area contributed by atoms with Gasteiger partial charge in [0, 0.05) is 19.3 Å². The predicted octanol–water partition coefficient (Wildman–Crippen LogP) is 1.88. The summed E-state index contributed by atoms with van der Waals surface area (Å²) in [5.41, 5.74) is 0. The minimum atomic E-state index is -0.0426. The van der Waals surface area contributed by atoms with Gasteiger partial charge in [-0.15, -0.1) is 0 Å². The van der Waals surface area contributed by atoms with E-state index in [2.05, 4.69) is 25.9 Å². The maximum absolute atomic E-state index is 11.6. The van der Waals surface area contributed by atoms with Gasteiger partial charge in [0.25, 0.3) is 0 Å². The molecule has 0 spiro atoms. The molecule has 1 saturated heterocycles. The van der Waals surface area contributed by atoms with Crippen LogP contribution in [0.25, 0.3) is 0 Å². The van der Waals surface area contributed by atoms with Crippen LogP contribution in [0.3, 0.4) is 0 Å². The lowest BCUT2D eigenvalue weighted by Crippen LogP contribution is -2.38. The van der Waals surface area contributed by atoms with Crippen molar-refractivity contribution in [3.8, 4) is 0 Å². The summed E-state index contributed by atoms with van der Waals surface area (Å²) in [5.74, 6) is 0.0320. The fraction of sp³-hybridized carbons (Fsp3) is 0.667. The highest BCUT2D eigenvalue weighted by Gasteiger charge is 2.25. The van der Waals surface area contributed by atoms with Crippen molar-refractivity contribution < 1.29 is 9.53 Å². The van der Waals surface area contributed by atoms with E-state index in [-0.39, 0.29) is 11.9 Å². The molecule has 0 aromatic carbocycles. The lowest BCUT2D eigenvalue weighted by Gasteiger charge is -2.30. The minimum absolute atomic E-state index is 0.0426. The number of aromatic nitrogens is 2. The molecule has 0 unspecified atom stereocenters. The zero-order chi connectivity index (χ0) is 13.0. The first-order valence-corrected chi connectivity index (χ1v) is 7.05. The van der Waals surface area contributed by atoms with Gasteiger partial charge in [0.2, 0.25) is 0 Å². The Kier molecular flexibility index (Phi) is 4.77. The van der Waals surface area contributed by atoms with Gasteiger partial charge in [0.1, 0.15) is 0 Å². The molecule has 18 heavy (non-hydrogen) atoms. The second kappa shape index (κ2) is 6.33. The van der Waals surface area contributed by atoms with Gasteiger partial charge in [-0.3, -0.25) is 14.4 Å². The number of carbonyl (C=O) groups excluding carboxylic acids is 1. The average molecular weight is 316 g/mol. The largest absolute Gasteiger partial charge is 0.466 e. The third kappa shape index (κ3) is 3.55. The maximum atomic E-state index is 11.6. The van der Waals surface area contributed by atoms with Crippen LogP contribution in [0.15, 0.2) is 16.9 Å². The molecule has 0 atom stereocenters. The SMILES string of the molecule is CCOC(=O)C1CCN(Cn2cc(Br)cn2)CC1. The van der Waals surface area contributed by atoms with E-state index in [1.54, 1.807) is 6.20 Å². The van der Waals surface area contributed by atoms with Crippen LogP contribution in [0.1, 0.15) is 19.8 Å². The normalized spacial score (nSPS) is 17.9. The van der Waals surface area contributed by atoms with Crippen molar-refractivity contribution in [1.29, 1.82) is 0 Å². The van der Waals surface area contributed by atoms with Crippen LogP contribution in [-0.4, -0.2) is 40.3 Å². The molecule has 2 rings (SSSR count). The van der Waals surface area contributed by atoms with Crippen LogP contribution in [0, 0.1) is 5.92 Å². The van der Waals surface area contributed by atoms with Crippen LogP contribution in [-0.2, 0) is 16.2 Å². The predicted molar refractivity (Wildman–Crippen MR) is 70.9 cm³/mol. The van der Waals surface area contributed by atoms with Gasteiger partial charge in [0.15, 0.2) is 0 Å². The molecule has 0 saturated carbocycles. The lowest BCUT2D eigenvalue weighted by atomic mass is 9.97. The molecular weight excluding hydrogens is 298 g/mol. The lowest BCUT2D eigenvalue weighted by molar-refractivity contribution is -0.149. The number of carbonyl (C=O) groups is 1. The van der Waals surface area contributed by atoms with Crippen molar-refractivity contribution in [2.75, 3.05) is 19.7 Å². The van der Waals surface area contributed by atoms with E-state index in [1.165, 1.54) is 0 Å². The van der Waals surface area contributed by atoms with Crippen LogP contribution in [0.2, 0.25) is 0 Å². The molecular formula is C12H18BrN3O2. The molecule has 1 aromatic heterocycles. The van der Waals surface area contributed by atoms with Crippen LogP contribution in [0.5, 0.6) is 0 Å². The zero-order valence-corrected chi connectivity index (χ0v) is 12.1. The van der Waals surface area contributed by atoms with Gasteiger partial charge in [-0.05, 0) is 35.7 Å². The van der Waals surface area contributed by atoms with Crippen molar-refractivity contribution >= 4 is 21.9 Å². The van der Waals surface area contributed by atoms with Crippen LogP contribution < -0.4 is 0 Å². The van der Waals surface area contributed by atoms with Gasteiger partial charge in [0.05, 0.1) is 29.9 Å². The van der Waals surface area contributed by atoms with Crippen molar-refractivity contribution in [2.24, 2.45) is 5.92 Å². The summed E-state index contributed by atoms with van der Waals surface area (Å²) in [6.45, 7) is 4.94. The molecule has 1 fully saturated rings. The number of hydrogen-bond acceptors (Lipinski definition) is 4. The van der Waals surface area contributed by atoms with Crippen molar-refractivity contribution in [1.82, 2.24) is 14.7 Å². The molecule has 0 amide bonds. The second-order valence-electron chi connectivity index (χ2n) is 4.48. The smallest absolute Gasteiger partial charge is 0.309 e. The quantitative estimate of drug-likeness (QED) is 0.796. The number of nitrogens with zero attached hydrogens (tertiary/aromatic N) is 3. The summed E-state index contributed by atoms with van der Waals surface area (Å²) in [6, 6.07) is 0. The maximum Gasteiger partial charge on any atom is 0.309 e. The van der Waals surface area contributed by atoms with Crippen LogP contribution in [0.4, 0.5) is 0 Å². The van der Waals surface area contributed by atoms with E-state index in [0.717, 1.165) is 37.1 Å². The van der Waals surface area contributed by atoms with E-state index in [0.29, 0.717) is 6.61 Å². The topological polar surface area (TPSA) is 47.4 Å². The molecule has 1 aromatic rings. The Bertz CT molecular complexity index is 400. The summed E-state index contributed by atoms with van der Waals surface area (Å²) < 4.78 is 7.94. The molecule has 6 heteroatoms. The molecule has 1 aliphatic heterocycles. The van der Waals surface area contributed by atoms with Crippen molar-refractivity contribution in [2.45, 2.75) is 26.4 Å². The number of ether oxygens (including phenoxy) is 1. The van der Waals surface area contributed by atoms with Gasteiger partial charge in [-0.1, -0.05) is 0 Å². The standard InChI is InChI=1S/C12H18BrN3O2/c1-2-18-12(17)10-3-5-15(6-4-10)9-16-8-11(13)7-14-16/h7-8,10H,2-6,9H2,1H3. The Morgan fingerprint density at radius 1 is 1.56 bits per heavy atom. The molecule has 2 heterocycles. The number of esters is 1. The highest BCUT2D eigenvalue weighted by molar-refractivity contribution is 9.10. The van der Waals surface area contributed by atoms with E-state index in [1.807, 2.05) is 17.8 Å². The van der Waals surface area contributed by atoms with E-state index < -0.39 is 0 Å². The molecule has 100 valence electrons. The number of rotatable bonds is 4. The highest BCUT2D eigenvalue weighted by atomic mass is 79.9. The fourth-order valence-corrected chi connectivity index (χ4v) is 2.52. The summed E-state index contributed by atoms with van der Waals surface area (Å²) >= 11 is 3.38. The fourth-order valence-electron chi connectivity index (χ4n) is 2.19. The first-order chi connectivity index (χ1) is 8.69. The van der Waals surface area contributed by atoms with E-state index in [9.17, 15) is 4.79 Å². The second-order valence-corrected chi connectivity index (χ2v) is 5.40. The van der Waals surface area contributed by atoms with E-state index >= 15 is 0 Å². The Morgan fingerprint density at radius 2 is 2.28 bits per heavy atom. The molecule has 1 aliphatic rings. The molecule has 0 aliphatic carbocycles. The van der Waals surface area contributed by atoms with Gasteiger partial charge in [-0.25, -0.2) is 0 Å². The number of halogens is 1. The van der Waals surface area contributed by atoms with Gasteiger partial charge < -0.3 is 4.74 Å².